The molecule has 0 radical (unpaired) electrons. The average Bonchev–Trinajstić information content (AvgIpc) is 3.39. The normalized spacial score (nSPS) is 11.0. The van der Waals surface area contributed by atoms with Crippen LogP contribution in [0.3, 0.4) is 0 Å². The SMILES string of the molecule is O=C(NCCCn1ccnc1)c1ccc2nc(-c3ccccc3)c(-c3cccc(Cl)c3)nc2c1. The van der Waals surface area contributed by atoms with E-state index >= 15 is 0 Å². The molecule has 0 spiro atoms. The molecule has 0 atom stereocenters. The summed E-state index contributed by atoms with van der Waals surface area (Å²) in [5, 5.41) is 3.61. The van der Waals surface area contributed by atoms with Crippen LogP contribution in [0.5, 0.6) is 0 Å². The lowest BCUT2D eigenvalue weighted by atomic mass is 10.0. The van der Waals surface area contributed by atoms with Crippen LogP contribution in [-0.4, -0.2) is 32.0 Å². The highest BCUT2D eigenvalue weighted by molar-refractivity contribution is 6.30. The summed E-state index contributed by atoms with van der Waals surface area (Å²) in [6.07, 6.45) is 6.24. The van der Waals surface area contributed by atoms with Crippen molar-refractivity contribution in [1.29, 1.82) is 0 Å². The van der Waals surface area contributed by atoms with Crippen molar-refractivity contribution >= 4 is 28.5 Å². The molecule has 0 aliphatic carbocycles. The summed E-state index contributed by atoms with van der Waals surface area (Å²) in [7, 11) is 0. The lowest BCUT2D eigenvalue weighted by Crippen LogP contribution is -2.25. The van der Waals surface area contributed by atoms with Crippen LogP contribution < -0.4 is 5.32 Å². The Labute approximate surface area is 202 Å². The van der Waals surface area contributed by atoms with Crippen LogP contribution >= 0.6 is 11.6 Å². The number of hydrogen-bond donors (Lipinski definition) is 1. The zero-order chi connectivity index (χ0) is 23.3. The van der Waals surface area contributed by atoms with Gasteiger partial charge in [-0.2, -0.15) is 0 Å². The fourth-order valence-electron chi connectivity index (χ4n) is 3.81. The quantitative estimate of drug-likeness (QED) is 0.315. The van der Waals surface area contributed by atoms with Gasteiger partial charge in [0.05, 0.1) is 28.7 Å². The molecule has 7 heteroatoms. The van der Waals surface area contributed by atoms with Crippen LogP contribution in [0.1, 0.15) is 16.8 Å². The Balaban J connectivity index is 1.45. The minimum Gasteiger partial charge on any atom is -0.352 e. The Hall–Kier alpha value is -4.03. The molecule has 0 aliphatic rings. The van der Waals surface area contributed by atoms with Crippen LogP contribution in [0.4, 0.5) is 0 Å². The van der Waals surface area contributed by atoms with Crippen molar-refractivity contribution in [2.45, 2.75) is 13.0 Å². The molecule has 0 saturated carbocycles. The molecule has 2 aromatic heterocycles. The van der Waals surface area contributed by atoms with Gasteiger partial charge >= 0.3 is 0 Å². The third kappa shape index (κ3) is 4.82. The van der Waals surface area contributed by atoms with Gasteiger partial charge in [-0.25, -0.2) is 15.0 Å². The highest BCUT2D eigenvalue weighted by atomic mass is 35.5. The molecule has 0 aliphatic heterocycles. The number of imidazole rings is 1. The Morgan fingerprint density at radius 3 is 2.47 bits per heavy atom. The van der Waals surface area contributed by atoms with E-state index in [0.29, 0.717) is 22.6 Å². The number of halogens is 1. The number of carbonyl (C=O) groups is 1. The van der Waals surface area contributed by atoms with E-state index in [2.05, 4.69) is 10.3 Å². The van der Waals surface area contributed by atoms with Crippen LogP contribution in [0.15, 0.2) is 91.5 Å². The Morgan fingerprint density at radius 2 is 1.68 bits per heavy atom. The fraction of sp³-hybridized carbons (Fsp3) is 0.111. The van der Waals surface area contributed by atoms with Gasteiger partial charge in [0.2, 0.25) is 0 Å². The van der Waals surface area contributed by atoms with E-state index in [-0.39, 0.29) is 5.91 Å². The second kappa shape index (κ2) is 9.85. The molecule has 0 unspecified atom stereocenters. The predicted molar refractivity (Wildman–Crippen MR) is 135 cm³/mol. The summed E-state index contributed by atoms with van der Waals surface area (Å²) in [6.45, 7) is 1.37. The Morgan fingerprint density at radius 1 is 0.882 bits per heavy atom. The summed E-state index contributed by atoms with van der Waals surface area (Å²) in [5.74, 6) is -0.134. The molecule has 168 valence electrons. The molecule has 1 N–H and O–H groups in total. The third-order valence-electron chi connectivity index (χ3n) is 5.51. The molecule has 0 saturated heterocycles. The highest BCUT2D eigenvalue weighted by Crippen LogP contribution is 2.32. The largest absolute Gasteiger partial charge is 0.352 e. The van der Waals surface area contributed by atoms with E-state index in [4.69, 9.17) is 21.6 Å². The molecule has 3 aromatic carbocycles. The summed E-state index contributed by atoms with van der Waals surface area (Å²) < 4.78 is 1.99. The van der Waals surface area contributed by atoms with Crippen molar-refractivity contribution < 1.29 is 4.79 Å². The van der Waals surface area contributed by atoms with Gasteiger partial charge in [-0.05, 0) is 36.8 Å². The molecule has 0 bridgehead atoms. The third-order valence-corrected chi connectivity index (χ3v) is 5.74. The first kappa shape index (κ1) is 21.8. The molecule has 0 fully saturated rings. The number of nitrogens with zero attached hydrogens (tertiary/aromatic N) is 4. The van der Waals surface area contributed by atoms with Crippen molar-refractivity contribution in [2.75, 3.05) is 6.54 Å². The van der Waals surface area contributed by atoms with E-state index in [1.165, 1.54) is 0 Å². The van der Waals surface area contributed by atoms with Crippen molar-refractivity contribution in [3.8, 4) is 22.5 Å². The van der Waals surface area contributed by atoms with Gasteiger partial charge in [-0.15, -0.1) is 0 Å². The second-order valence-electron chi connectivity index (χ2n) is 7.91. The smallest absolute Gasteiger partial charge is 0.251 e. The van der Waals surface area contributed by atoms with Crippen LogP contribution in [-0.2, 0) is 6.54 Å². The number of hydrogen-bond acceptors (Lipinski definition) is 4. The monoisotopic (exact) mass is 467 g/mol. The van der Waals surface area contributed by atoms with Crippen molar-refractivity contribution in [2.24, 2.45) is 0 Å². The minimum atomic E-state index is -0.134. The maximum Gasteiger partial charge on any atom is 0.251 e. The summed E-state index contributed by atoms with van der Waals surface area (Å²) in [4.78, 5) is 26.6. The van der Waals surface area contributed by atoms with Gasteiger partial charge < -0.3 is 9.88 Å². The van der Waals surface area contributed by atoms with Gasteiger partial charge in [0, 0.05) is 47.2 Å². The zero-order valence-electron chi connectivity index (χ0n) is 18.4. The number of nitrogens with one attached hydrogen (secondary N) is 1. The molecular formula is C27H22ClN5O. The number of rotatable bonds is 7. The molecular weight excluding hydrogens is 446 g/mol. The highest BCUT2D eigenvalue weighted by Gasteiger charge is 2.15. The Kier molecular flexibility index (Phi) is 6.31. The van der Waals surface area contributed by atoms with Crippen LogP contribution in [0.2, 0.25) is 5.02 Å². The van der Waals surface area contributed by atoms with Gasteiger partial charge in [-0.3, -0.25) is 4.79 Å². The van der Waals surface area contributed by atoms with E-state index in [1.807, 2.05) is 71.4 Å². The molecule has 5 aromatic rings. The fourth-order valence-corrected chi connectivity index (χ4v) is 4.00. The maximum absolute atomic E-state index is 12.7. The molecule has 6 nitrogen and oxygen atoms in total. The number of amides is 1. The maximum atomic E-state index is 12.7. The first-order valence-electron chi connectivity index (χ1n) is 11.0. The van der Waals surface area contributed by atoms with Gasteiger partial charge in [0.15, 0.2) is 0 Å². The second-order valence-corrected chi connectivity index (χ2v) is 8.35. The first-order valence-corrected chi connectivity index (χ1v) is 11.4. The van der Waals surface area contributed by atoms with Crippen molar-refractivity contribution in [3.63, 3.8) is 0 Å². The van der Waals surface area contributed by atoms with Gasteiger partial charge in [-0.1, -0.05) is 54.1 Å². The Bertz CT molecular complexity index is 1430. The zero-order valence-corrected chi connectivity index (χ0v) is 19.1. The minimum absolute atomic E-state index is 0.134. The number of carbonyl (C=O) groups excluding carboxylic acids is 1. The number of aryl methyl sites for hydroxylation is 1. The lowest BCUT2D eigenvalue weighted by molar-refractivity contribution is 0.0953. The van der Waals surface area contributed by atoms with E-state index in [0.717, 1.165) is 41.0 Å². The van der Waals surface area contributed by atoms with Crippen LogP contribution in [0, 0.1) is 0 Å². The van der Waals surface area contributed by atoms with E-state index < -0.39 is 0 Å². The van der Waals surface area contributed by atoms with Crippen molar-refractivity contribution in [1.82, 2.24) is 24.8 Å². The summed E-state index contributed by atoms with van der Waals surface area (Å²) in [6, 6.07) is 22.9. The molecule has 2 heterocycles. The molecule has 5 rings (SSSR count). The number of benzene rings is 3. The number of aromatic nitrogens is 4. The first-order chi connectivity index (χ1) is 16.7. The average molecular weight is 468 g/mol. The predicted octanol–water partition coefficient (Wildman–Crippen LogP) is 5.63. The van der Waals surface area contributed by atoms with E-state index in [9.17, 15) is 4.79 Å². The summed E-state index contributed by atoms with van der Waals surface area (Å²) >= 11 is 6.27. The summed E-state index contributed by atoms with van der Waals surface area (Å²) in [5.41, 5.74) is 5.25. The topological polar surface area (TPSA) is 72.7 Å². The lowest BCUT2D eigenvalue weighted by Gasteiger charge is -2.12. The van der Waals surface area contributed by atoms with E-state index in [1.54, 1.807) is 24.7 Å². The van der Waals surface area contributed by atoms with Gasteiger partial charge in [0.1, 0.15) is 0 Å². The number of fused-ring (bicyclic) bond motifs is 1. The van der Waals surface area contributed by atoms with Gasteiger partial charge in [0.25, 0.3) is 5.91 Å². The van der Waals surface area contributed by atoms with Crippen LogP contribution in [0.25, 0.3) is 33.5 Å². The standard InChI is InChI=1S/C27H22ClN5O/c28-22-9-4-8-20(16-22)26-25(19-6-2-1-3-7-19)31-23-11-10-21(17-24(23)32-26)27(34)30-12-5-14-33-15-13-29-18-33/h1-4,6-11,13,15-18H,5,12,14H2,(H,30,34). The molecule has 34 heavy (non-hydrogen) atoms. The molecule has 1 amide bonds. The van der Waals surface area contributed by atoms with Crippen molar-refractivity contribution in [3.05, 3.63) is 102 Å².